The summed E-state index contributed by atoms with van der Waals surface area (Å²) in [6, 6.07) is 9.78. The van der Waals surface area contributed by atoms with Crippen molar-refractivity contribution in [3.8, 4) is 11.3 Å². The SMILES string of the molecule is CCOC(=O)c1c(-c2ccc(F)cc2)oc2cc3c(cc12)C(C)n1ccnc1CN3. The van der Waals surface area contributed by atoms with E-state index < -0.39 is 5.97 Å². The van der Waals surface area contributed by atoms with Gasteiger partial charge in [0.1, 0.15) is 28.5 Å². The van der Waals surface area contributed by atoms with Crippen LogP contribution in [0.15, 0.2) is 53.2 Å². The summed E-state index contributed by atoms with van der Waals surface area (Å²) in [4.78, 5) is 17.3. The topological polar surface area (TPSA) is 69.3 Å². The Kier molecular flexibility index (Phi) is 4.31. The van der Waals surface area contributed by atoms with Gasteiger partial charge in [0.2, 0.25) is 0 Å². The number of hydrogen-bond acceptors (Lipinski definition) is 5. The van der Waals surface area contributed by atoms with Crippen LogP contribution in [0.5, 0.6) is 0 Å². The molecule has 0 bridgehead atoms. The van der Waals surface area contributed by atoms with Crippen molar-refractivity contribution in [2.24, 2.45) is 0 Å². The molecule has 1 aliphatic heterocycles. The van der Waals surface area contributed by atoms with E-state index in [-0.39, 0.29) is 18.5 Å². The maximum Gasteiger partial charge on any atom is 0.342 e. The molecule has 1 unspecified atom stereocenters. The van der Waals surface area contributed by atoms with Crippen molar-refractivity contribution in [2.75, 3.05) is 11.9 Å². The van der Waals surface area contributed by atoms with E-state index in [1.54, 1.807) is 25.3 Å². The second kappa shape index (κ2) is 7.02. The van der Waals surface area contributed by atoms with Crippen molar-refractivity contribution in [3.05, 3.63) is 71.6 Å². The van der Waals surface area contributed by atoms with Crippen molar-refractivity contribution >= 4 is 22.6 Å². The molecule has 5 rings (SSSR count). The highest BCUT2D eigenvalue weighted by Gasteiger charge is 2.27. The largest absolute Gasteiger partial charge is 0.462 e. The van der Waals surface area contributed by atoms with Crippen molar-refractivity contribution in [1.29, 1.82) is 0 Å². The Labute approximate surface area is 172 Å². The fraction of sp³-hybridized carbons (Fsp3) is 0.217. The third-order valence-corrected chi connectivity index (χ3v) is 5.50. The predicted octanol–water partition coefficient (Wildman–Crippen LogP) is 5.15. The van der Waals surface area contributed by atoms with Crippen molar-refractivity contribution in [1.82, 2.24) is 9.55 Å². The molecule has 152 valence electrons. The van der Waals surface area contributed by atoms with Crippen molar-refractivity contribution in [2.45, 2.75) is 26.4 Å². The summed E-state index contributed by atoms with van der Waals surface area (Å²) in [5.41, 5.74) is 3.48. The molecule has 0 saturated heterocycles. The minimum absolute atomic E-state index is 0.0242. The van der Waals surface area contributed by atoms with E-state index in [2.05, 4.69) is 21.8 Å². The minimum atomic E-state index is -0.465. The third kappa shape index (κ3) is 2.85. The van der Waals surface area contributed by atoms with Crippen LogP contribution in [0.4, 0.5) is 10.1 Å². The first-order valence-corrected chi connectivity index (χ1v) is 9.86. The molecule has 0 fully saturated rings. The van der Waals surface area contributed by atoms with Crippen molar-refractivity contribution in [3.63, 3.8) is 0 Å². The average Bonchev–Trinajstić information content (AvgIpc) is 3.33. The summed E-state index contributed by atoms with van der Waals surface area (Å²) < 4.78 is 27.0. The molecule has 2 aromatic carbocycles. The normalized spacial score (nSPS) is 15.2. The molecule has 1 aliphatic rings. The summed E-state index contributed by atoms with van der Waals surface area (Å²) in [6.07, 6.45) is 3.73. The Balaban J connectivity index is 1.74. The summed E-state index contributed by atoms with van der Waals surface area (Å²) in [5.74, 6) is 0.494. The average molecular weight is 405 g/mol. The number of ether oxygens (including phenoxy) is 1. The van der Waals surface area contributed by atoms with Gasteiger partial charge in [0.05, 0.1) is 19.2 Å². The lowest BCUT2D eigenvalue weighted by Crippen LogP contribution is -2.08. The number of nitrogens with zero attached hydrogens (tertiary/aromatic N) is 2. The van der Waals surface area contributed by atoms with Gasteiger partial charge in [0.15, 0.2) is 0 Å². The van der Waals surface area contributed by atoms with Gasteiger partial charge in [-0.25, -0.2) is 14.2 Å². The van der Waals surface area contributed by atoms with Gasteiger partial charge < -0.3 is 19.0 Å². The predicted molar refractivity (Wildman–Crippen MR) is 111 cm³/mol. The smallest absolute Gasteiger partial charge is 0.342 e. The van der Waals surface area contributed by atoms with E-state index in [0.29, 0.717) is 34.4 Å². The highest BCUT2D eigenvalue weighted by Crippen LogP contribution is 2.40. The molecule has 1 atom stereocenters. The summed E-state index contributed by atoms with van der Waals surface area (Å²) in [5, 5.41) is 4.08. The van der Waals surface area contributed by atoms with E-state index in [4.69, 9.17) is 9.15 Å². The standard InChI is InChI=1S/C23H20FN3O3/c1-3-29-23(28)21-17-10-16-13(2)27-9-8-25-20(27)12-26-18(16)11-19(17)30-22(21)14-4-6-15(24)7-5-14/h4-11,13,26H,3,12H2,1-2H3. The fourth-order valence-electron chi connectivity index (χ4n) is 4.03. The molecule has 2 aromatic heterocycles. The minimum Gasteiger partial charge on any atom is -0.462 e. The van der Waals surface area contributed by atoms with Crippen molar-refractivity contribution < 1.29 is 18.3 Å². The Hall–Kier alpha value is -3.61. The van der Waals surface area contributed by atoms with E-state index >= 15 is 0 Å². The summed E-state index contributed by atoms with van der Waals surface area (Å²) in [6.45, 7) is 4.69. The number of imidazole rings is 1. The molecule has 0 spiro atoms. The number of aromatic nitrogens is 2. The quantitative estimate of drug-likeness (QED) is 0.478. The molecule has 7 heteroatoms. The van der Waals surface area contributed by atoms with Gasteiger partial charge in [-0.2, -0.15) is 0 Å². The molecule has 0 amide bonds. The Morgan fingerprint density at radius 2 is 2.13 bits per heavy atom. The van der Waals surface area contributed by atoms with Crippen LogP contribution < -0.4 is 5.32 Å². The molecule has 30 heavy (non-hydrogen) atoms. The van der Waals surface area contributed by atoms with Gasteiger partial charge in [-0.15, -0.1) is 0 Å². The van der Waals surface area contributed by atoms with E-state index in [9.17, 15) is 9.18 Å². The number of fused-ring (bicyclic) bond motifs is 3. The van der Waals surface area contributed by atoms with Gasteiger partial charge in [0.25, 0.3) is 0 Å². The second-order valence-electron chi connectivity index (χ2n) is 7.25. The molecular formula is C23H20FN3O3. The maximum atomic E-state index is 13.4. The van der Waals surface area contributed by atoms with Crippen LogP contribution in [0.3, 0.4) is 0 Å². The fourth-order valence-corrected chi connectivity index (χ4v) is 4.03. The van der Waals surface area contributed by atoms with Crippen LogP contribution in [0.1, 0.15) is 41.6 Å². The second-order valence-corrected chi connectivity index (χ2v) is 7.25. The number of rotatable bonds is 3. The van der Waals surface area contributed by atoms with Crippen LogP contribution in [0.2, 0.25) is 0 Å². The molecule has 1 N–H and O–H groups in total. The number of furan rings is 1. The molecule has 3 heterocycles. The van der Waals surface area contributed by atoms with Gasteiger partial charge in [0, 0.05) is 35.1 Å². The van der Waals surface area contributed by atoms with Crippen LogP contribution in [-0.4, -0.2) is 22.1 Å². The molecule has 0 radical (unpaired) electrons. The van der Waals surface area contributed by atoms with Crippen LogP contribution in [0.25, 0.3) is 22.3 Å². The number of halogens is 1. The highest BCUT2D eigenvalue weighted by atomic mass is 19.1. The maximum absolute atomic E-state index is 13.4. The molecule has 0 saturated carbocycles. The first kappa shape index (κ1) is 18.4. The van der Waals surface area contributed by atoms with Gasteiger partial charge in [-0.05, 0) is 49.7 Å². The van der Waals surface area contributed by atoms with Crippen LogP contribution >= 0.6 is 0 Å². The Bertz CT molecular complexity index is 1260. The first-order valence-electron chi connectivity index (χ1n) is 9.86. The Morgan fingerprint density at radius 3 is 2.90 bits per heavy atom. The summed E-state index contributed by atoms with van der Waals surface area (Å²) >= 11 is 0. The van der Waals surface area contributed by atoms with Gasteiger partial charge in [-0.3, -0.25) is 0 Å². The van der Waals surface area contributed by atoms with Gasteiger partial charge >= 0.3 is 5.97 Å². The zero-order valence-electron chi connectivity index (χ0n) is 16.6. The third-order valence-electron chi connectivity index (χ3n) is 5.50. The van der Waals surface area contributed by atoms with Crippen LogP contribution in [0, 0.1) is 5.82 Å². The number of carbonyl (C=O) groups is 1. The highest BCUT2D eigenvalue weighted by molar-refractivity contribution is 6.09. The van der Waals surface area contributed by atoms with E-state index in [1.807, 2.05) is 18.3 Å². The number of hydrogen-bond donors (Lipinski definition) is 1. The van der Waals surface area contributed by atoms with Crippen LogP contribution in [-0.2, 0) is 11.3 Å². The number of benzene rings is 2. The Morgan fingerprint density at radius 1 is 1.33 bits per heavy atom. The number of nitrogens with one attached hydrogen (secondary N) is 1. The van der Waals surface area contributed by atoms with E-state index in [1.165, 1.54) is 12.1 Å². The zero-order valence-corrected chi connectivity index (χ0v) is 16.6. The van der Waals surface area contributed by atoms with E-state index in [0.717, 1.165) is 17.1 Å². The number of anilines is 1. The molecule has 6 nitrogen and oxygen atoms in total. The lowest BCUT2D eigenvalue weighted by Gasteiger charge is -2.15. The lowest BCUT2D eigenvalue weighted by molar-refractivity contribution is 0.0528. The number of carbonyl (C=O) groups excluding carboxylic acids is 1. The zero-order chi connectivity index (χ0) is 20.8. The molecule has 0 aliphatic carbocycles. The molecule has 4 aromatic rings. The number of esters is 1. The molecular weight excluding hydrogens is 385 g/mol. The summed E-state index contributed by atoms with van der Waals surface area (Å²) in [7, 11) is 0. The monoisotopic (exact) mass is 405 g/mol. The lowest BCUT2D eigenvalue weighted by atomic mass is 10.00. The first-order chi connectivity index (χ1) is 14.6. The van der Waals surface area contributed by atoms with Gasteiger partial charge in [-0.1, -0.05) is 0 Å².